The molecule has 1 unspecified atom stereocenters. The lowest BCUT2D eigenvalue weighted by Crippen LogP contribution is -2.47. The number of amides is 2. The average molecular weight is 513 g/mol. The number of carbonyl (C=O) groups excluding carboxylic acids is 2. The zero-order valence-corrected chi connectivity index (χ0v) is 20.5. The monoisotopic (exact) mass is 512 g/mol. The molecule has 2 aromatic carbocycles. The number of alkyl halides is 3. The van der Waals surface area contributed by atoms with Gasteiger partial charge in [-0.25, -0.2) is 4.99 Å². The maximum atomic E-state index is 13.7. The van der Waals surface area contributed by atoms with Crippen LogP contribution >= 0.6 is 0 Å². The van der Waals surface area contributed by atoms with Gasteiger partial charge >= 0.3 is 6.18 Å². The molecular weight excluding hydrogens is 485 g/mol. The molecule has 0 aliphatic carbocycles. The summed E-state index contributed by atoms with van der Waals surface area (Å²) >= 11 is 0. The summed E-state index contributed by atoms with van der Waals surface area (Å²) in [6, 6.07) is 10.5. The van der Waals surface area contributed by atoms with Gasteiger partial charge in [0.05, 0.1) is 6.04 Å². The van der Waals surface area contributed by atoms with Crippen LogP contribution in [0.5, 0.6) is 11.5 Å². The van der Waals surface area contributed by atoms with Crippen LogP contribution in [0.4, 0.5) is 13.2 Å². The lowest BCUT2D eigenvalue weighted by atomic mass is 9.91. The van der Waals surface area contributed by atoms with Gasteiger partial charge in [0.2, 0.25) is 5.91 Å². The van der Waals surface area contributed by atoms with Crippen LogP contribution in [0.2, 0.25) is 0 Å². The second kappa shape index (κ2) is 9.75. The van der Waals surface area contributed by atoms with Crippen LogP contribution < -0.4 is 15.4 Å². The average Bonchev–Trinajstić information content (AvgIpc) is 2.84. The molecule has 0 bridgehead atoms. The van der Waals surface area contributed by atoms with Crippen molar-refractivity contribution in [3.05, 3.63) is 70.3 Å². The maximum absolute atomic E-state index is 13.7. The van der Waals surface area contributed by atoms with Gasteiger partial charge in [-0.05, 0) is 42.7 Å². The van der Waals surface area contributed by atoms with E-state index in [4.69, 9.17) is 4.74 Å². The van der Waals surface area contributed by atoms with Gasteiger partial charge in [-0.15, -0.1) is 0 Å². The minimum atomic E-state index is -4.80. The van der Waals surface area contributed by atoms with Crippen molar-refractivity contribution in [2.45, 2.75) is 26.1 Å². The lowest BCUT2D eigenvalue weighted by molar-refractivity contribution is -0.132. The lowest BCUT2D eigenvalue weighted by Gasteiger charge is -2.31. The number of carbonyl (C=O) groups is 2. The van der Waals surface area contributed by atoms with E-state index in [2.05, 4.69) is 15.6 Å². The van der Waals surface area contributed by atoms with Gasteiger partial charge in [0.25, 0.3) is 5.91 Å². The van der Waals surface area contributed by atoms with E-state index in [1.165, 1.54) is 0 Å². The predicted octanol–water partition coefficient (Wildman–Crippen LogP) is 3.61. The molecule has 37 heavy (non-hydrogen) atoms. The first-order valence-electron chi connectivity index (χ1n) is 12.1. The number of halogens is 3. The number of nitrogens with zero attached hydrogens (tertiary/aromatic N) is 2. The summed E-state index contributed by atoms with van der Waals surface area (Å²) in [5, 5.41) is 6.04. The number of hydrogen-bond donors (Lipinski definition) is 2. The Morgan fingerprint density at radius 1 is 1.08 bits per heavy atom. The highest BCUT2D eigenvalue weighted by molar-refractivity contribution is 6.17. The Labute approximate surface area is 212 Å². The molecule has 3 aliphatic rings. The van der Waals surface area contributed by atoms with Gasteiger partial charge in [-0.2, -0.15) is 13.2 Å². The molecule has 1 saturated heterocycles. The second-order valence-corrected chi connectivity index (χ2v) is 9.62. The molecule has 5 rings (SSSR count). The number of nitrogens with one attached hydrogen (secondary N) is 2. The normalized spacial score (nSPS) is 20.4. The highest BCUT2D eigenvalue weighted by Gasteiger charge is 2.44. The molecule has 1 fully saturated rings. The topological polar surface area (TPSA) is 83.0 Å². The smallest absolute Gasteiger partial charge is 0.433 e. The summed E-state index contributed by atoms with van der Waals surface area (Å²) in [6.45, 7) is 6.21. The van der Waals surface area contributed by atoms with Crippen LogP contribution in [-0.2, 0) is 9.59 Å². The highest BCUT2D eigenvalue weighted by atomic mass is 19.4. The van der Waals surface area contributed by atoms with Crippen LogP contribution in [-0.4, -0.2) is 61.3 Å². The molecule has 0 radical (unpaired) electrons. The number of aryl methyl sites for hydroxylation is 2. The number of benzene rings is 2. The first-order valence-corrected chi connectivity index (χ1v) is 12.1. The molecule has 0 spiro atoms. The standard InChI is InChI=1S/C27H27F3N4O3/c1-15-3-5-18-21(11-15)37-22-12-16(2)4-6-19(22)23(18)32-25(35)20-13-17(14-34-9-7-31-8-10-34)24(27(28,29)30)33-26(20)36/h3-6,11-13,20,23,31H,7-10,14H2,1-2H3,(H,32,35). The Morgan fingerprint density at radius 3 is 2.24 bits per heavy atom. The fraction of sp³-hybridized carbons (Fsp3) is 0.370. The van der Waals surface area contributed by atoms with E-state index in [9.17, 15) is 22.8 Å². The Morgan fingerprint density at radius 2 is 1.68 bits per heavy atom. The molecule has 10 heteroatoms. The van der Waals surface area contributed by atoms with Crippen molar-refractivity contribution in [3.8, 4) is 11.5 Å². The number of rotatable bonds is 4. The van der Waals surface area contributed by atoms with E-state index in [-0.39, 0.29) is 12.1 Å². The van der Waals surface area contributed by atoms with Crippen molar-refractivity contribution in [1.82, 2.24) is 15.5 Å². The van der Waals surface area contributed by atoms with E-state index < -0.39 is 35.7 Å². The Kier molecular flexibility index (Phi) is 6.63. The van der Waals surface area contributed by atoms with E-state index in [1.807, 2.05) is 55.1 Å². The van der Waals surface area contributed by atoms with Gasteiger partial charge < -0.3 is 15.4 Å². The van der Waals surface area contributed by atoms with E-state index in [0.29, 0.717) is 48.8 Å². The van der Waals surface area contributed by atoms with Crippen molar-refractivity contribution < 1.29 is 27.5 Å². The number of ether oxygens (including phenoxy) is 1. The summed E-state index contributed by atoms with van der Waals surface area (Å²) in [5.41, 5.74) is 1.95. The Bertz CT molecular complexity index is 1260. The number of fused-ring (bicyclic) bond motifs is 2. The third-order valence-electron chi connectivity index (χ3n) is 6.78. The molecule has 3 heterocycles. The minimum absolute atomic E-state index is 0.0431. The quantitative estimate of drug-likeness (QED) is 0.612. The number of aliphatic imine (C=N–C) groups is 1. The van der Waals surface area contributed by atoms with Crippen LogP contribution in [0.1, 0.15) is 28.3 Å². The Hall–Kier alpha value is -3.50. The molecule has 3 aliphatic heterocycles. The zero-order valence-electron chi connectivity index (χ0n) is 20.5. The van der Waals surface area contributed by atoms with Crippen LogP contribution in [0.25, 0.3) is 0 Å². The fourth-order valence-corrected chi connectivity index (χ4v) is 4.88. The molecule has 2 N–H and O–H groups in total. The van der Waals surface area contributed by atoms with Crippen molar-refractivity contribution in [2.24, 2.45) is 10.9 Å². The van der Waals surface area contributed by atoms with Gasteiger partial charge in [-0.1, -0.05) is 30.3 Å². The predicted molar refractivity (Wildman–Crippen MR) is 132 cm³/mol. The summed E-state index contributed by atoms with van der Waals surface area (Å²) in [5.74, 6) is -2.15. The van der Waals surface area contributed by atoms with Crippen molar-refractivity contribution in [1.29, 1.82) is 0 Å². The SMILES string of the molecule is Cc1ccc2c(c1)Oc1cc(C)ccc1C2NC(=O)C1C=C(CN2CCNCC2)C(C(F)(F)F)=NC1=O. The summed E-state index contributed by atoms with van der Waals surface area (Å²) in [4.78, 5) is 31.4. The first-order chi connectivity index (χ1) is 17.6. The number of piperazine rings is 1. The molecule has 0 saturated carbocycles. The van der Waals surface area contributed by atoms with Crippen LogP contribution in [0.3, 0.4) is 0 Å². The van der Waals surface area contributed by atoms with Crippen molar-refractivity contribution in [2.75, 3.05) is 32.7 Å². The van der Waals surface area contributed by atoms with E-state index in [1.54, 1.807) is 0 Å². The van der Waals surface area contributed by atoms with Gasteiger partial charge in [-0.3, -0.25) is 14.5 Å². The molecule has 0 aromatic heterocycles. The minimum Gasteiger partial charge on any atom is -0.457 e. The van der Waals surface area contributed by atoms with Gasteiger partial charge in [0, 0.05) is 43.9 Å². The van der Waals surface area contributed by atoms with Crippen molar-refractivity contribution >= 4 is 17.5 Å². The summed E-state index contributed by atoms with van der Waals surface area (Å²) < 4.78 is 47.3. The third kappa shape index (κ3) is 5.17. The molecule has 2 amide bonds. The third-order valence-corrected chi connectivity index (χ3v) is 6.78. The van der Waals surface area contributed by atoms with Crippen molar-refractivity contribution in [3.63, 3.8) is 0 Å². The Balaban J connectivity index is 1.46. The summed E-state index contributed by atoms with van der Waals surface area (Å²) in [6.07, 6.45) is -3.67. The molecule has 194 valence electrons. The van der Waals surface area contributed by atoms with E-state index in [0.717, 1.165) is 17.2 Å². The molecule has 7 nitrogen and oxygen atoms in total. The summed E-state index contributed by atoms with van der Waals surface area (Å²) in [7, 11) is 0. The molecule has 1 atom stereocenters. The number of hydrogen-bond acceptors (Lipinski definition) is 5. The van der Waals surface area contributed by atoms with Crippen LogP contribution in [0, 0.1) is 19.8 Å². The van der Waals surface area contributed by atoms with Gasteiger partial charge in [0.1, 0.15) is 17.4 Å². The number of dihydropyridines is 1. The second-order valence-electron chi connectivity index (χ2n) is 9.62. The molecule has 2 aromatic rings. The van der Waals surface area contributed by atoms with Crippen LogP contribution in [0.15, 0.2) is 53.0 Å². The largest absolute Gasteiger partial charge is 0.457 e. The van der Waals surface area contributed by atoms with E-state index >= 15 is 0 Å². The maximum Gasteiger partial charge on any atom is 0.433 e. The fourth-order valence-electron chi connectivity index (χ4n) is 4.88. The van der Waals surface area contributed by atoms with Gasteiger partial charge in [0.15, 0.2) is 5.71 Å². The molecular formula is C27H27F3N4O3. The highest BCUT2D eigenvalue weighted by Crippen LogP contribution is 2.43. The zero-order chi connectivity index (χ0) is 26.3. The first kappa shape index (κ1) is 25.2.